The van der Waals surface area contributed by atoms with Crippen molar-refractivity contribution in [1.82, 2.24) is 20.4 Å². The number of hydrogen-bond donors (Lipinski definition) is 2. The minimum Gasteiger partial charge on any atom is -0.354 e. The number of hydrogen-bond acceptors (Lipinski definition) is 3. The van der Waals surface area contributed by atoms with Gasteiger partial charge in [-0.05, 0) is 31.7 Å². The first kappa shape index (κ1) is 17.0. The molecule has 2 amide bonds. The fourth-order valence-electron chi connectivity index (χ4n) is 3.90. The molecule has 0 bridgehead atoms. The molecule has 1 fully saturated rings. The van der Waals surface area contributed by atoms with E-state index in [2.05, 4.69) is 15.7 Å². The van der Waals surface area contributed by atoms with Crippen LogP contribution in [0, 0.1) is 5.92 Å². The minimum absolute atomic E-state index is 0.00162. The van der Waals surface area contributed by atoms with Crippen LogP contribution < -0.4 is 10.6 Å². The van der Waals surface area contributed by atoms with E-state index in [-0.39, 0.29) is 17.7 Å². The van der Waals surface area contributed by atoms with Crippen molar-refractivity contribution in [2.45, 2.75) is 70.4 Å². The topological polar surface area (TPSA) is 76.0 Å². The van der Waals surface area contributed by atoms with E-state index in [1.165, 1.54) is 0 Å². The normalized spacial score (nSPS) is 22.5. The summed E-state index contributed by atoms with van der Waals surface area (Å²) in [6.45, 7) is 3.48. The summed E-state index contributed by atoms with van der Waals surface area (Å²) in [4.78, 5) is 25.6. The van der Waals surface area contributed by atoms with Crippen LogP contribution in [0.1, 0.15) is 57.6 Å². The highest BCUT2D eigenvalue weighted by Gasteiger charge is 2.42. The van der Waals surface area contributed by atoms with Crippen molar-refractivity contribution >= 4 is 11.8 Å². The Morgan fingerprint density at radius 1 is 1.33 bits per heavy atom. The zero-order valence-electron chi connectivity index (χ0n) is 14.5. The summed E-state index contributed by atoms with van der Waals surface area (Å²) in [7, 11) is 0. The molecule has 24 heavy (non-hydrogen) atoms. The molecule has 0 saturated heterocycles. The maximum atomic E-state index is 12.9. The molecule has 3 rings (SSSR count). The molecule has 1 aromatic rings. The number of nitrogens with one attached hydrogen (secondary N) is 2. The Hall–Kier alpha value is -1.85. The highest BCUT2D eigenvalue weighted by atomic mass is 16.2. The van der Waals surface area contributed by atoms with Gasteiger partial charge >= 0.3 is 0 Å². The SMILES string of the molecule is CCCNC(=O)C1(NC(=O)C2CCn3nccc3C2)CCCCC1. The van der Waals surface area contributed by atoms with Crippen LogP contribution in [0.4, 0.5) is 0 Å². The van der Waals surface area contributed by atoms with Crippen LogP contribution in [0.15, 0.2) is 12.3 Å². The van der Waals surface area contributed by atoms with Crippen LogP contribution >= 0.6 is 0 Å². The van der Waals surface area contributed by atoms with Crippen molar-refractivity contribution in [1.29, 1.82) is 0 Å². The Morgan fingerprint density at radius 2 is 2.12 bits per heavy atom. The Morgan fingerprint density at radius 3 is 2.88 bits per heavy atom. The molecule has 1 atom stereocenters. The van der Waals surface area contributed by atoms with Crippen molar-refractivity contribution in [3.63, 3.8) is 0 Å². The average molecular weight is 332 g/mol. The molecule has 1 saturated carbocycles. The standard InChI is InChI=1S/C18H28N4O2/c1-2-10-19-17(24)18(8-4-3-5-9-18)21-16(23)14-7-12-22-15(13-14)6-11-20-22/h6,11,14H,2-5,7-10,12-13H2,1H3,(H,19,24)(H,21,23). The summed E-state index contributed by atoms with van der Waals surface area (Å²) in [6.07, 6.45) is 8.82. The number of carbonyl (C=O) groups is 2. The summed E-state index contributed by atoms with van der Waals surface area (Å²) in [6, 6.07) is 1.98. The molecule has 0 spiro atoms. The largest absolute Gasteiger partial charge is 0.354 e. The van der Waals surface area contributed by atoms with E-state index in [1.54, 1.807) is 6.20 Å². The van der Waals surface area contributed by atoms with E-state index in [1.807, 2.05) is 17.7 Å². The molecule has 1 aromatic heterocycles. The van der Waals surface area contributed by atoms with Crippen LogP contribution in [-0.4, -0.2) is 33.7 Å². The van der Waals surface area contributed by atoms with Gasteiger partial charge in [-0.2, -0.15) is 5.10 Å². The lowest BCUT2D eigenvalue weighted by Crippen LogP contribution is -2.61. The molecule has 132 valence electrons. The van der Waals surface area contributed by atoms with E-state index < -0.39 is 5.54 Å². The van der Waals surface area contributed by atoms with Gasteiger partial charge in [0, 0.05) is 37.3 Å². The fourth-order valence-corrected chi connectivity index (χ4v) is 3.90. The summed E-state index contributed by atoms with van der Waals surface area (Å²) < 4.78 is 1.97. The van der Waals surface area contributed by atoms with Crippen molar-refractivity contribution in [2.24, 2.45) is 5.92 Å². The number of aromatic nitrogens is 2. The van der Waals surface area contributed by atoms with Gasteiger partial charge in [-0.1, -0.05) is 26.2 Å². The molecule has 6 nitrogen and oxygen atoms in total. The number of nitrogens with zero attached hydrogens (tertiary/aromatic N) is 2. The summed E-state index contributed by atoms with van der Waals surface area (Å²) in [5.74, 6) is -0.0405. The van der Waals surface area contributed by atoms with Crippen LogP contribution in [0.3, 0.4) is 0 Å². The zero-order valence-corrected chi connectivity index (χ0v) is 14.5. The molecular weight excluding hydrogens is 304 g/mol. The molecular formula is C18H28N4O2. The molecule has 2 aliphatic rings. The van der Waals surface area contributed by atoms with Gasteiger partial charge in [-0.15, -0.1) is 0 Å². The zero-order chi connectivity index (χ0) is 17.0. The van der Waals surface area contributed by atoms with Crippen LogP contribution in [-0.2, 0) is 22.6 Å². The maximum absolute atomic E-state index is 12.9. The summed E-state index contributed by atoms with van der Waals surface area (Å²) in [5.41, 5.74) is 0.400. The third-order valence-corrected chi connectivity index (χ3v) is 5.36. The van der Waals surface area contributed by atoms with Gasteiger partial charge in [0.1, 0.15) is 5.54 Å². The lowest BCUT2D eigenvalue weighted by atomic mass is 9.80. The van der Waals surface area contributed by atoms with Crippen molar-refractivity contribution in [3.05, 3.63) is 18.0 Å². The van der Waals surface area contributed by atoms with E-state index in [9.17, 15) is 9.59 Å². The second-order valence-corrected chi connectivity index (χ2v) is 7.12. The Labute approximate surface area is 143 Å². The lowest BCUT2D eigenvalue weighted by Gasteiger charge is -2.38. The van der Waals surface area contributed by atoms with Gasteiger partial charge < -0.3 is 10.6 Å². The first-order chi connectivity index (χ1) is 11.6. The highest BCUT2D eigenvalue weighted by Crippen LogP contribution is 2.30. The Balaban J connectivity index is 1.68. The third kappa shape index (κ3) is 3.47. The van der Waals surface area contributed by atoms with Gasteiger partial charge in [0.15, 0.2) is 0 Å². The van der Waals surface area contributed by atoms with Gasteiger partial charge in [-0.25, -0.2) is 0 Å². The highest BCUT2D eigenvalue weighted by molar-refractivity contribution is 5.92. The summed E-state index contributed by atoms with van der Waals surface area (Å²) >= 11 is 0. The average Bonchev–Trinajstić information content (AvgIpc) is 3.08. The van der Waals surface area contributed by atoms with Gasteiger partial charge in [0.2, 0.25) is 11.8 Å². The monoisotopic (exact) mass is 332 g/mol. The molecule has 1 unspecified atom stereocenters. The Bertz CT molecular complexity index is 590. The number of rotatable bonds is 5. The van der Waals surface area contributed by atoms with Crippen LogP contribution in [0.25, 0.3) is 0 Å². The number of carbonyl (C=O) groups excluding carboxylic acids is 2. The molecule has 0 aromatic carbocycles. The van der Waals surface area contributed by atoms with Gasteiger partial charge in [0.25, 0.3) is 0 Å². The van der Waals surface area contributed by atoms with E-state index in [0.717, 1.165) is 57.2 Å². The van der Waals surface area contributed by atoms with Gasteiger partial charge in [-0.3, -0.25) is 14.3 Å². The second kappa shape index (κ2) is 7.36. The van der Waals surface area contributed by atoms with Crippen LogP contribution in [0.2, 0.25) is 0 Å². The first-order valence-electron chi connectivity index (χ1n) is 9.25. The molecule has 0 radical (unpaired) electrons. The molecule has 1 aliphatic carbocycles. The lowest BCUT2D eigenvalue weighted by molar-refractivity contribution is -0.137. The molecule has 2 heterocycles. The summed E-state index contributed by atoms with van der Waals surface area (Å²) in [5, 5.41) is 10.4. The second-order valence-electron chi connectivity index (χ2n) is 7.12. The molecule has 6 heteroatoms. The van der Waals surface area contributed by atoms with E-state index in [0.29, 0.717) is 13.0 Å². The fraction of sp³-hybridized carbons (Fsp3) is 0.722. The minimum atomic E-state index is -0.706. The smallest absolute Gasteiger partial charge is 0.245 e. The predicted octanol–water partition coefficient (Wildman–Crippen LogP) is 1.79. The van der Waals surface area contributed by atoms with Gasteiger partial charge in [0.05, 0.1) is 0 Å². The van der Waals surface area contributed by atoms with E-state index in [4.69, 9.17) is 0 Å². The quantitative estimate of drug-likeness (QED) is 0.863. The van der Waals surface area contributed by atoms with Crippen molar-refractivity contribution in [3.8, 4) is 0 Å². The first-order valence-corrected chi connectivity index (χ1v) is 9.25. The van der Waals surface area contributed by atoms with E-state index >= 15 is 0 Å². The predicted molar refractivity (Wildman–Crippen MR) is 91.3 cm³/mol. The van der Waals surface area contributed by atoms with Crippen molar-refractivity contribution in [2.75, 3.05) is 6.54 Å². The Kier molecular flexibility index (Phi) is 5.21. The number of fused-ring (bicyclic) bond motifs is 1. The van der Waals surface area contributed by atoms with Crippen LogP contribution in [0.5, 0.6) is 0 Å². The van der Waals surface area contributed by atoms with Crippen molar-refractivity contribution < 1.29 is 9.59 Å². The molecule has 2 N–H and O–H groups in total. The number of aryl methyl sites for hydroxylation is 1. The third-order valence-electron chi connectivity index (χ3n) is 5.36. The number of amides is 2. The molecule has 1 aliphatic heterocycles. The maximum Gasteiger partial charge on any atom is 0.245 e.